The summed E-state index contributed by atoms with van der Waals surface area (Å²) >= 11 is 0. The molecule has 1 aliphatic carbocycles. The van der Waals surface area contributed by atoms with Gasteiger partial charge in [-0.15, -0.1) is 0 Å². The lowest BCUT2D eigenvalue weighted by molar-refractivity contribution is 0.218. The number of rotatable bonds is 1. The van der Waals surface area contributed by atoms with Gasteiger partial charge in [0, 0.05) is 0 Å². The number of aliphatic hydroxyl groups is 1. The molecule has 1 unspecified atom stereocenters. The maximum absolute atomic E-state index is 9.51. The van der Waals surface area contributed by atoms with Crippen molar-refractivity contribution in [1.29, 1.82) is 0 Å². The minimum atomic E-state index is -1.09. The van der Waals surface area contributed by atoms with E-state index in [2.05, 4.69) is 25.3 Å². The van der Waals surface area contributed by atoms with Crippen LogP contribution >= 0.6 is 0 Å². The van der Waals surface area contributed by atoms with E-state index >= 15 is 0 Å². The van der Waals surface area contributed by atoms with Crippen LogP contribution in [0, 0.1) is 0 Å². The smallest absolute Gasteiger partial charge is 0.0746 e. The Morgan fingerprint density at radius 2 is 2.09 bits per heavy atom. The van der Waals surface area contributed by atoms with Crippen molar-refractivity contribution in [2.75, 3.05) is 0 Å². The molecule has 0 aliphatic heterocycles. The van der Waals surface area contributed by atoms with E-state index in [1.54, 1.807) is 0 Å². The Kier molecular flexibility index (Phi) is 2.55. The second kappa shape index (κ2) is 3.11. The van der Waals surface area contributed by atoms with Gasteiger partial charge in [0.1, 0.15) is 0 Å². The fraction of sp³-hybridized carbons (Fsp3) is 0.778. The van der Waals surface area contributed by atoms with Crippen molar-refractivity contribution in [2.24, 2.45) is 0 Å². The largest absolute Gasteiger partial charge is 0.389 e. The highest BCUT2D eigenvalue weighted by atomic mass is 28.3. The van der Waals surface area contributed by atoms with Crippen molar-refractivity contribution < 1.29 is 5.11 Å². The summed E-state index contributed by atoms with van der Waals surface area (Å²) in [6.07, 6.45) is 3.18. The molecule has 2 heteroatoms. The van der Waals surface area contributed by atoms with Crippen LogP contribution in [0.4, 0.5) is 0 Å². The maximum atomic E-state index is 9.51. The van der Waals surface area contributed by atoms with Crippen molar-refractivity contribution in [3.05, 3.63) is 11.3 Å². The van der Waals surface area contributed by atoms with Gasteiger partial charge in [-0.05, 0) is 24.8 Å². The van der Waals surface area contributed by atoms with Crippen LogP contribution in [0.5, 0.6) is 0 Å². The predicted molar refractivity (Wildman–Crippen MR) is 51.3 cm³/mol. The van der Waals surface area contributed by atoms with Gasteiger partial charge < -0.3 is 5.11 Å². The third-order valence-corrected chi connectivity index (χ3v) is 3.23. The van der Waals surface area contributed by atoms with E-state index in [0.29, 0.717) is 0 Å². The summed E-state index contributed by atoms with van der Waals surface area (Å²) < 4.78 is 0. The first-order valence-electron chi connectivity index (χ1n) is 4.39. The summed E-state index contributed by atoms with van der Waals surface area (Å²) in [5.41, 5.74) is 3.66. The number of aliphatic hydroxyl groups excluding tert-OH is 1. The van der Waals surface area contributed by atoms with Gasteiger partial charge in [-0.3, -0.25) is 0 Å². The van der Waals surface area contributed by atoms with Crippen LogP contribution in [0.2, 0.25) is 19.6 Å². The molecule has 1 N–H and O–H groups in total. The van der Waals surface area contributed by atoms with Crippen molar-refractivity contribution in [3.8, 4) is 0 Å². The summed E-state index contributed by atoms with van der Waals surface area (Å²) in [5, 5.41) is 9.51. The lowest BCUT2D eigenvalue weighted by Gasteiger charge is -2.13. The molecular formula is C9H18OSi. The Hall–Kier alpha value is -0.0831. The fourth-order valence-corrected chi connectivity index (χ4v) is 3.03. The molecule has 0 amide bonds. The minimum Gasteiger partial charge on any atom is -0.389 e. The zero-order chi connectivity index (χ0) is 8.48. The molecule has 1 saturated carbocycles. The van der Waals surface area contributed by atoms with E-state index in [9.17, 15) is 5.11 Å². The second-order valence-electron chi connectivity index (χ2n) is 4.49. The Bertz CT molecular complexity index is 167. The third kappa shape index (κ3) is 2.79. The molecule has 0 radical (unpaired) electrons. The molecular weight excluding hydrogens is 152 g/mol. The highest BCUT2D eigenvalue weighted by Gasteiger charge is 2.20. The highest BCUT2D eigenvalue weighted by Crippen LogP contribution is 2.26. The van der Waals surface area contributed by atoms with Crippen LogP contribution < -0.4 is 0 Å². The van der Waals surface area contributed by atoms with Gasteiger partial charge in [-0.25, -0.2) is 0 Å². The van der Waals surface area contributed by atoms with Crippen molar-refractivity contribution in [2.45, 2.75) is 45.0 Å². The first-order valence-corrected chi connectivity index (χ1v) is 7.96. The number of hydrogen-bond acceptors (Lipinski definition) is 1. The van der Waals surface area contributed by atoms with Crippen LogP contribution in [-0.4, -0.2) is 19.3 Å². The first-order chi connectivity index (χ1) is 4.99. The molecule has 0 aromatic carbocycles. The molecule has 1 aliphatic rings. The molecule has 0 aromatic rings. The molecule has 64 valence electrons. The molecule has 1 nitrogen and oxygen atoms in total. The minimum absolute atomic E-state index is 0.110. The Morgan fingerprint density at radius 1 is 1.45 bits per heavy atom. The third-order valence-electron chi connectivity index (χ3n) is 1.99. The average Bonchev–Trinajstić information content (AvgIpc) is 2.12. The molecule has 0 spiro atoms. The van der Waals surface area contributed by atoms with Crippen LogP contribution in [0.25, 0.3) is 0 Å². The van der Waals surface area contributed by atoms with E-state index in [1.165, 1.54) is 12.0 Å². The molecule has 1 atom stereocenters. The van der Waals surface area contributed by atoms with Gasteiger partial charge in [-0.2, -0.15) is 0 Å². The summed E-state index contributed by atoms with van der Waals surface area (Å²) in [6.45, 7) is 6.93. The maximum Gasteiger partial charge on any atom is 0.0746 e. The van der Waals surface area contributed by atoms with E-state index in [1.807, 2.05) is 0 Å². The molecule has 1 rings (SSSR count). The molecule has 0 aromatic heterocycles. The summed E-state index contributed by atoms with van der Waals surface area (Å²) in [7, 11) is -1.09. The van der Waals surface area contributed by atoms with E-state index in [0.717, 1.165) is 12.8 Å². The Balaban J connectivity index is 2.65. The van der Waals surface area contributed by atoms with Crippen LogP contribution in [-0.2, 0) is 0 Å². The molecule has 0 heterocycles. The predicted octanol–water partition coefficient (Wildman–Crippen LogP) is 2.34. The van der Waals surface area contributed by atoms with E-state index in [-0.39, 0.29) is 6.10 Å². The SMILES string of the molecule is C[Si](C)(C)/C=C1/CCCC1O. The summed E-state index contributed by atoms with van der Waals surface area (Å²) in [6, 6.07) is 0. The summed E-state index contributed by atoms with van der Waals surface area (Å²) in [4.78, 5) is 0. The zero-order valence-corrected chi connectivity index (χ0v) is 8.72. The normalized spacial score (nSPS) is 29.8. The van der Waals surface area contributed by atoms with Crippen LogP contribution in [0.3, 0.4) is 0 Å². The Morgan fingerprint density at radius 3 is 2.45 bits per heavy atom. The van der Waals surface area contributed by atoms with Crippen molar-refractivity contribution in [3.63, 3.8) is 0 Å². The van der Waals surface area contributed by atoms with Crippen molar-refractivity contribution in [1.82, 2.24) is 0 Å². The van der Waals surface area contributed by atoms with E-state index < -0.39 is 8.07 Å². The van der Waals surface area contributed by atoms with Gasteiger partial charge in [0.15, 0.2) is 0 Å². The van der Waals surface area contributed by atoms with Gasteiger partial charge in [-0.1, -0.05) is 25.3 Å². The lowest BCUT2D eigenvalue weighted by Crippen LogP contribution is -2.18. The highest BCUT2D eigenvalue weighted by molar-refractivity contribution is 6.81. The monoisotopic (exact) mass is 170 g/mol. The van der Waals surface area contributed by atoms with Crippen LogP contribution in [0.15, 0.2) is 11.3 Å². The van der Waals surface area contributed by atoms with E-state index in [4.69, 9.17) is 0 Å². The van der Waals surface area contributed by atoms with Crippen molar-refractivity contribution >= 4 is 8.07 Å². The zero-order valence-electron chi connectivity index (χ0n) is 7.72. The number of hydrogen-bond donors (Lipinski definition) is 1. The fourth-order valence-electron chi connectivity index (χ4n) is 1.58. The second-order valence-corrected chi connectivity index (χ2v) is 9.51. The topological polar surface area (TPSA) is 20.2 Å². The Labute approximate surface area is 70.1 Å². The standard InChI is InChI=1S/C9H18OSi/c1-11(2,3)7-8-5-4-6-9(8)10/h7,9-10H,4-6H2,1-3H3/b8-7-. The average molecular weight is 170 g/mol. The molecule has 11 heavy (non-hydrogen) atoms. The van der Waals surface area contributed by atoms with Crippen LogP contribution in [0.1, 0.15) is 19.3 Å². The summed E-state index contributed by atoms with van der Waals surface area (Å²) in [5.74, 6) is 0. The molecule has 0 bridgehead atoms. The van der Waals surface area contributed by atoms with Gasteiger partial charge in [0.05, 0.1) is 14.2 Å². The van der Waals surface area contributed by atoms with Gasteiger partial charge in [0.2, 0.25) is 0 Å². The molecule has 0 saturated heterocycles. The molecule has 1 fully saturated rings. The quantitative estimate of drug-likeness (QED) is 0.599. The lowest BCUT2D eigenvalue weighted by atomic mass is 10.2. The van der Waals surface area contributed by atoms with Gasteiger partial charge >= 0.3 is 0 Å². The first kappa shape index (κ1) is 9.01. The van der Waals surface area contributed by atoms with Gasteiger partial charge in [0.25, 0.3) is 0 Å².